The van der Waals surface area contributed by atoms with Crippen molar-refractivity contribution in [3.8, 4) is 11.5 Å². The second kappa shape index (κ2) is 10.2. The van der Waals surface area contributed by atoms with E-state index in [4.69, 9.17) is 9.47 Å². The predicted molar refractivity (Wildman–Crippen MR) is 122 cm³/mol. The molecule has 3 rings (SSSR count). The summed E-state index contributed by atoms with van der Waals surface area (Å²) in [6.45, 7) is 5.40. The van der Waals surface area contributed by atoms with Gasteiger partial charge in [-0.1, -0.05) is 0 Å². The zero-order chi connectivity index (χ0) is 23.3. The highest BCUT2D eigenvalue weighted by Gasteiger charge is 2.36. The summed E-state index contributed by atoms with van der Waals surface area (Å²) < 4.78 is 10.6. The van der Waals surface area contributed by atoms with Gasteiger partial charge in [-0.25, -0.2) is 0 Å². The summed E-state index contributed by atoms with van der Waals surface area (Å²) in [7, 11) is 3.08. The molecule has 0 radical (unpaired) electrons. The van der Waals surface area contributed by atoms with Crippen molar-refractivity contribution in [2.45, 2.75) is 20.3 Å². The molecule has 1 atom stereocenters. The first-order chi connectivity index (χ1) is 15.4. The fourth-order valence-corrected chi connectivity index (χ4v) is 3.76. The molecule has 2 aromatic rings. The van der Waals surface area contributed by atoms with E-state index in [9.17, 15) is 14.4 Å². The first-order valence-electron chi connectivity index (χ1n) is 10.6. The van der Waals surface area contributed by atoms with Gasteiger partial charge in [-0.05, 0) is 50.2 Å². The van der Waals surface area contributed by atoms with Gasteiger partial charge in [0.2, 0.25) is 11.8 Å². The highest BCUT2D eigenvalue weighted by molar-refractivity contribution is 6.04. The molecule has 1 heterocycles. The van der Waals surface area contributed by atoms with Crippen molar-refractivity contribution < 1.29 is 23.9 Å². The number of carbonyl (C=O) groups is 3. The molecule has 0 saturated carbocycles. The van der Waals surface area contributed by atoms with Gasteiger partial charge in [0, 0.05) is 43.4 Å². The summed E-state index contributed by atoms with van der Waals surface area (Å²) in [6.07, 6.45) is 0.111. The smallest absolute Gasteiger partial charge is 0.253 e. The first-order valence-corrected chi connectivity index (χ1v) is 10.6. The molecule has 1 fully saturated rings. The molecule has 8 heteroatoms. The van der Waals surface area contributed by atoms with Crippen LogP contribution in [0.3, 0.4) is 0 Å². The van der Waals surface area contributed by atoms with E-state index in [1.54, 1.807) is 59.4 Å². The van der Waals surface area contributed by atoms with E-state index in [2.05, 4.69) is 5.32 Å². The number of nitrogens with one attached hydrogen (secondary N) is 1. The standard InChI is InChI=1S/C24H29N3O5/c1-5-26(6-2)24(30)16-7-9-18(10-8-16)25-23(29)17-13-22(28)27(15-17)20-12-11-19(31-3)14-21(20)32-4/h7-12,14,17H,5-6,13,15H2,1-4H3,(H,25,29). The summed E-state index contributed by atoms with van der Waals surface area (Å²) in [6, 6.07) is 12.0. The van der Waals surface area contributed by atoms with Crippen LogP contribution in [0.5, 0.6) is 11.5 Å². The lowest BCUT2D eigenvalue weighted by Crippen LogP contribution is -2.30. The molecule has 1 saturated heterocycles. The van der Waals surface area contributed by atoms with Crippen LogP contribution in [0.25, 0.3) is 0 Å². The number of carbonyl (C=O) groups excluding carboxylic acids is 3. The van der Waals surface area contributed by atoms with Crippen LogP contribution in [-0.2, 0) is 9.59 Å². The maximum absolute atomic E-state index is 12.8. The minimum absolute atomic E-state index is 0.0432. The Balaban J connectivity index is 1.67. The molecule has 0 aliphatic carbocycles. The summed E-state index contributed by atoms with van der Waals surface area (Å²) in [4.78, 5) is 41.1. The number of ether oxygens (including phenoxy) is 2. The molecule has 32 heavy (non-hydrogen) atoms. The summed E-state index contributed by atoms with van der Waals surface area (Å²) in [5, 5.41) is 2.85. The Kier molecular flexibility index (Phi) is 7.35. The van der Waals surface area contributed by atoms with E-state index in [0.717, 1.165) is 0 Å². The molecular formula is C24H29N3O5. The molecule has 0 bridgehead atoms. The van der Waals surface area contributed by atoms with E-state index in [0.29, 0.717) is 41.5 Å². The zero-order valence-corrected chi connectivity index (χ0v) is 18.9. The van der Waals surface area contributed by atoms with Crippen LogP contribution in [0.4, 0.5) is 11.4 Å². The van der Waals surface area contributed by atoms with E-state index < -0.39 is 5.92 Å². The molecular weight excluding hydrogens is 410 g/mol. The third kappa shape index (κ3) is 4.85. The zero-order valence-electron chi connectivity index (χ0n) is 18.9. The van der Waals surface area contributed by atoms with Gasteiger partial charge in [0.15, 0.2) is 0 Å². The molecule has 170 valence electrons. The maximum Gasteiger partial charge on any atom is 0.253 e. The fourth-order valence-electron chi connectivity index (χ4n) is 3.76. The third-order valence-corrected chi connectivity index (χ3v) is 5.62. The number of rotatable bonds is 8. The van der Waals surface area contributed by atoms with E-state index in [1.165, 1.54) is 7.11 Å². The Morgan fingerprint density at radius 3 is 2.34 bits per heavy atom. The predicted octanol–water partition coefficient (Wildman–Crippen LogP) is 3.18. The largest absolute Gasteiger partial charge is 0.497 e. The molecule has 1 unspecified atom stereocenters. The van der Waals surface area contributed by atoms with Gasteiger partial charge in [0.1, 0.15) is 11.5 Å². The minimum atomic E-state index is -0.494. The monoisotopic (exact) mass is 439 g/mol. The quantitative estimate of drug-likeness (QED) is 0.683. The molecule has 0 aromatic heterocycles. The highest BCUT2D eigenvalue weighted by Crippen LogP contribution is 2.36. The molecule has 3 amide bonds. The minimum Gasteiger partial charge on any atom is -0.497 e. The van der Waals surface area contributed by atoms with Crippen molar-refractivity contribution in [2.24, 2.45) is 5.92 Å². The SMILES string of the molecule is CCN(CC)C(=O)c1ccc(NC(=O)C2CC(=O)N(c3ccc(OC)cc3OC)C2)cc1. The van der Waals surface area contributed by atoms with Crippen LogP contribution in [0.1, 0.15) is 30.6 Å². The van der Waals surface area contributed by atoms with Gasteiger partial charge in [-0.3, -0.25) is 14.4 Å². The average Bonchev–Trinajstić information content (AvgIpc) is 3.21. The van der Waals surface area contributed by atoms with E-state index in [1.807, 2.05) is 13.8 Å². The first kappa shape index (κ1) is 23.1. The number of nitrogens with zero attached hydrogens (tertiary/aromatic N) is 2. The van der Waals surface area contributed by atoms with Crippen LogP contribution in [-0.4, -0.2) is 56.5 Å². The number of anilines is 2. The van der Waals surface area contributed by atoms with E-state index >= 15 is 0 Å². The second-order valence-electron chi connectivity index (χ2n) is 7.49. The van der Waals surface area contributed by atoms with Crippen molar-refractivity contribution in [1.82, 2.24) is 4.90 Å². The number of benzene rings is 2. The number of methoxy groups -OCH3 is 2. The normalized spacial score (nSPS) is 15.4. The van der Waals surface area contributed by atoms with Crippen molar-refractivity contribution in [2.75, 3.05) is 44.1 Å². The lowest BCUT2D eigenvalue weighted by Gasteiger charge is -2.20. The molecule has 1 aliphatic rings. The van der Waals surface area contributed by atoms with Crippen molar-refractivity contribution in [3.05, 3.63) is 48.0 Å². The Hall–Kier alpha value is -3.55. The Morgan fingerprint density at radius 1 is 1.06 bits per heavy atom. The summed E-state index contributed by atoms with van der Waals surface area (Å²) in [5.74, 6) is 0.205. The fraction of sp³-hybridized carbons (Fsp3) is 0.375. The summed E-state index contributed by atoms with van der Waals surface area (Å²) >= 11 is 0. The van der Waals surface area contributed by atoms with Gasteiger partial charge >= 0.3 is 0 Å². The highest BCUT2D eigenvalue weighted by atomic mass is 16.5. The van der Waals surface area contributed by atoms with Crippen LogP contribution < -0.4 is 19.7 Å². The van der Waals surface area contributed by atoms with Crippen LogP contribution in [0.2, 0.25) is 0 Å². The third-order valence-electron chi connectivity index (χ3n) is 5.62. The molecule has 0 spiro atoms. The van der Waals surface area contributed by atoms with Crippen LogP contribution >= 0.6 is 0 Å². The lowest BCUT2D eigenvalue weighted by molar-refractivity contribution is -0.122. The van der Waals surface area contributed by atoms with Gasteiger partial charge in [-0.2, -0.15) is 0 Å². The molecule has 1 N–H and O–H groups in total. The number of hydrogen-bond donors (Lipinski definition) is 1. The molecule has 1 aliphatic heterocycles. The number of amides is 3. The Labute approximate surface area is 188 Å². The maximum atomic E-state index is 12.8. The van der Waals surface area contributed by atoms with Gasteiger partial charge in [0.05, 0.1) is 25.8 Å². The summed E-state index contributed by atoms with van der Waals surface area (Å²) in [5.41, 5.74) is 1.76. The van der Waals surface area contributed by atoms with Gasteiger partial charge < -0.3 is 24.6 Å². The topological polar surface area (TPSA) is 88.2 Å². The van der Waals surface area contributed by atoms with Crippen LogP contribution in [0.15, 0.2) is 42.5 Å². The lowest BCUT2D eigenvalue weighted by atomic mass is 10.1. The van der Waals surface area contributed by atoms with Gasteiger partial charge in [-0.15, -0.1) is 0 Å². The average molecular weight is 440 g/mol. The number of hydrogen-bond acceptors (Lipinski definition) is 5. The van der Waals surface area contributed by atoms with E-state index in [-0.39, 0.29) is 30.7 Å². The van der Waals surface area contributed by atoms with Crippen LogP contribution in [0, 0.1) is 5.92 Å². The second-order valence-corrected chi connectivity index (χ2v) is 7.49. The Bertz CT molecular complexity index is 986. The van der Waals surface area contributed by atoms with Crippen molar-refractivity contribution >= 4 is 29.1 Å². The van der Waals surface area contributed by atoms with Gasteiger partial charge in [0.25, 0.3) is 5.91 Å². The van der Waals surface area contributed by atoms with Crippen molar-refractivity contribution in [1.29, 1.82) is 0 Å². The van der Waals surface area contributed by atoms with Crippen molar-refractivity contribution in [3.63, 3.8) is 0 Å². The molecule has 8 nitrogen and oxygen atoms in total. The molecule has 2 aromatic carbocycles. The Morgan fingerprint density at radius 2 is 1.75 bits per heavy atom.